The van der Waals surface area contributed by atoms with Gasteiger partial charge in [-0.25, -0.2) is 0 Å². The molecule has 0 aromatic carbocycles. The first kappa shape index (κ1) is 39.1. The number of carbonyl (C=O) groups excluding carboxylic acids is 2. The second kappa shape index (κ2) is 32.6. The lowest BCUT2D eigenvalue weighted by molar-refractivity contribution is -0.161. The fourth-order valence-corrected chi connectivity index (χ4v) is 3.91. The summed E-state index contributed by atoms with van der Waals surface area (Å²) >= 11 is 0. The van der Waals surface area contributed by atoms with Gasteiger partial charge in [-0.3, -0.25) is 9.59 Å². The SMILES string of the molecule is CC/C=C/C=C/C=C/C=C/CCCCCC(=O)OCC(CO)OC(=O)CCCCCCCCC/C=C/C=C/C=C/CC. The maximum atomic E-state index is 12.1. The summed E-state index contributed by atoms with van der Waals surface area (Å²) in [5, 5.41) is 9.49. The number of allylic oxidation sites excluding steroid dienone is 14. The molecule has 0 amide bonds. The Morgan fingerprint density at radius 3 is 1.45 bits per heavy atom. The van der Waals surface area contributed by atoms with E-state index in [2.05, 4.69) is 62.5 Å². The lowest BCUT2D eigenvalue weighted by Gasteiger charge is -2.15. The molecule has 236 valence electrons. The average molecular weight is 583 g/mol. The normalized spacial score (nSPS) is 13.3. The van der Waals surface area contributed by atoms with Gasteiger partial charge < -0.3 is 14.6 Å². The Balaban J connectivity index is 3.72. The first-order valence-corrected chi connectivity index (χ1v) is 16.2. The minimum atomic E-state index is -0.797. The van der Waals surface area contributed by atoms with Gasteiger partial charge in [-0.1, -0.05) is 137 Å². The van der Waals surface area contributed by atoms with E-state index in [1.807, 2.05) is 36.5 Å². The molecule has 0 aromatic heterocycles. The molecule has 0 saturated heterocycles. The van der Waals surface area contributed by atoms with Gasteiger partial charge in [0.05, 0.1) is 6.61 Å². The molecule has 0 saturated carbocycles. The zero-order valence-electron chi connectivity index (χ0n) is 26.5. The predicted molar refractivity (Wildman–Crippen MR) is 177 cm³/mol. The maximum absolute atomic E-state index is 12.1. The van der Waals surface area contributed by atoms with Crippen molar-refractivity contribution in [3.63, 3.8) is 0 Å². The van der Waals surface area contributed by atoms with Crippen molar-refractivity contribution in [2.75, 3.05) is 13.2 Å². The van der Waals surface area contributed by atoms with Crippen LogP contribution in [0.3, 0.4) is 0 Å². The van der Waals surface area contributed by atoms with Crippen LogP contribution in [0.2, 0.25) is 0 Å². The fourth-order valence-electron chi connectivity index (χ4n) is 3.91. The molecule has 0 heterocycles. The van der Waals surface area contributed by atoms with Crippen LogP contribution in [0.25, 0.3) is 0 Å². The van der Waals surface area contributed by atoms with E-state index in [1.54, 1.807) is 0 Å². The highest BCUT2D eigenvalue weighted by Crippen LogP contribution is 2.11. The highest BCUT2D eigenvalue weighted by atomic mass is 16.6. The van der Waals surface area contributed by atoms with Crippen molar-refractivity contribution in [2.45, 2.75) is 123 Å². The highest BCUT2D eigenvalue weighted by molar-refractivity contribution is 5.70. The third kappa shape index (κ3) is 30.0. The summed E-state index contributed by atoms with van der Waals surface area (Å²) in [5.41, 5.74) is 0. The van der Waals surface area contributed by atoms with Crippen LogP contribution in [0.5, 0.6) is 0 Å². The number of hydrogen-bond acceptors (Lipinski definition) is 5. The Bertz CT molecular complexity index is 844. The second-order valence-corrected chi connectivity index (χ2v) is 10.3. The minimum Gasteiger partial charge on any atom is -0.462 e. The number of rotatable bonds is 27. The molecule has 1 atom stereocenters. The van der Waals surface area contributed by atoms with E-state index in [9.17, 15) is 14.7 Å². The summed E-state index contributed by atoms with van der Waals surface area (Å²) in [6, 6.07) is 0. The maximum Gasteiger partial charge on any atom is 0.306 e. The van der Waals surface area contributed by atoms with E-state index in [1.165, 1.54) is 25.7 Å². The Kier molecular flexibility index (Phi) is 30.3. The Morgan fingerprint density at radius 2 is 0.952 bits per heavy atom. The largest absolute Gasteiger partial charge is 0.462 e. The number of unbranched alkanes of at least 4 members (excludes halogenated alkanes) is 10. The number of ether oxygens (including phenoxy) is 2. The van der Waals surface area contributed by atoms with Crippen LogP contribution < -0.4 is 0 Å². The Labute approximate surface area is 256 Å². The van der Waals surface area contributed by atoms with E-state index in [0.717, 1.165) is 64.2 Å². The monoisotopic (exact) mass is 582 g/mol. The summed E-state index contributed by atoms with van der Waals surface area (Å²) in [7, 11) is 0. The Hall–Kier alpha value is -2.92. The molecule has 0 aliphatic carbocycles. The number of aliphatic hydroxyl groups excluding tert-OH is 1. The molecule has 1 N–H and O–H groups in total. The predicted octanol–water partition coefficient (Wildman–Crippen LogP) is 9.61. The van der Waals surface area contributed by atoms with Crippen LogP contribution in [0.4, 0.5) is 0 Å². The molecule has 0 aliphatic rings. The molecule has 1 unspecified atom stereocenters. The van der Waals surface area contributed by atoms with Gasteiger partial charge in [0.1, 0.15) is 6.61 Å². The van der Waals surface area contributed by atoms with Crippen molar-refractivity contribution >= 4 is 11.9 Å². The van der Waals surface area contributed by atoms with Crippen molar-refractivity contribution in [1.82, 2.24) is 0 Å². The highest BCUT2D eigenvalue weighted by Gasteiger charge is 2.16. The average Bonchev–Trinajstić information content (AvgIpc) is 2.99. The van der Waals surface area contributed by atoms with Crippen LogP contribution in [-0.4, -0.2) is 36.4 Å². The van der Waals surface area contributed by atoms with Gasteiger partial charge in [-0.15, -0.1) is 0 Å². The summed E-state index contributed by atoms with van der Waals surface area (Å²) < 4.78 is 10.5. The lowest BCUT2D eigenvalue weighted by Crippen LogP contribution is -2.28. The third-order valence-electron chi connectivity index (χ3n) is 6.34. The van der Waals surface area contributed by atoms with Gasteiger partial charge in [0, 0.05) is 12.8 Å². The third-order valence-corrected chi connectivity index (χ3v) is 6.34. The van der Waals surface area contributed by atoms with Crippen LogP contribution in [0.1, 0.15) is 117 Å². The van der Waals surface area contributed by atoms with Gasteiger partial charge in [0.2, 0.25) is 0 Å². The second-order valence-electron chi connectivity index (χ2n) is 10.3. The summed E-state index contributed by atoms with van der Waals surface area (Å²) in [6.45, 7) is 3.78. The van der Waals surface area contributed by atoms with E-state index in [0.29, 0.717) is 12.8 Å². The number of hydrogen-bond donors (Lipinski definition) is 1. The molecule has 0 bridgehead atoms. The van der Waals surface area contributed by atoms with Crippen LogP contribution in [-0.2, 0) is 19.1 Å². The molecule has 0 aromatic rings. The van der Waals surface area contributed by atoms with Crippen molar-refractivity contribution in [3.05, 3.63) is 85.1 Å². The quantitative estimate of drug-likeness (QED) is 0.0593. The molecule has 5 heteroatoms. The zero-order chi connectivity index (χ0) is 30.8. The van der Waals surface area contributed by atoms with E-state index in [-0.39, 0.29) is 25.2 Å². The molecule has 0 spiro atoms. The first-order valence-electron chi connectivity index (χ1n) is 16.2. The molecule has 42 heavy (non-hydrogen) atoms. The molecular formula is C37H58O5. The van der Waals surface area contributed by atoms with Gasteiger partial charge in [-0.2, -0.15) is 0 Å². The first-order chi connectivity index (χ1) is 20.6. The zero-order valence-corrected chi connectivity index (χ0v) is 26.5. The summed E-state index contributed by atoms with van der Waals surface area (Å²) in [4.78, 5) is 24.1. The van der Waals surface area contributed by atoms with Gasteiger partial charge in [-0.05, 0) is 51.4 Å². The molecular weight excluding hydrogens is 524 g/mol. The van der Waals surface area contributed by atoms with Gasteiger partial charge >= 0.3 is 11.9 Å². The number of carbonyl (C=O) groups is 2. The van der Waals surface area contributed by atoms with Gasteiger partial charge in [0.15, 0.2) is 6.10 Å². The van der Waals surface area contributed by atoms with Crippen molar-refractivity contribution < 1.29 is 24.2 Å². The van der Waals surface area contributed by atoms with E-state index in [4.69, 9.17) is 9.47 Å². The van der Waals surface area contributed by atoms with Crippen molar-refractivity contribution in [1.29, 1.82) is 0 Å². The molecule has 0 aliphatic heterocycles. The molecule has 0 radical (unpaired) electrons. The van der Waals surface area contributed by atoms with Crippen LogP contribution >= 0.6 is 0 Å². The molecule has 0 fully saturated rings. The number of esters is 2. The van der Waals surface area contributed by atoms with E-state index >= 15 is 0 Å². The number of aliphatic hydroxyl groups is 1. The summed E-state index contributed by atoms with van der Waals surface area (Å²) in [6.07, 6.45) is 43.5. The lowest BCUT2D eigenvalue weighted by atomic mass is 10.1. The van der Waals surface area contributed by atoms with Crippen LogP contribution in [0, 0.1) is 0 Å². The van der Waals surface area contributed by atoms with Crippen LogP contribution in [0.15, 0.2) is 85.1 Å². The molecule has 5 nitrogen and oxygen atoms in total. The van der Waals surface area contributed by atoms with Crippen molar-refractivity contribution in [3.8, 4) is 0 Å². The topological polar surface area (TPSA) is 72.8 Å². The van der Waals surface area contributed by atoms with Crippen molar-refractivity contribution in [2.24, 2.45) is 0 Å². The standard InChI is InChI=1S/C37H58O5/c1-3-5-7-9-11-13-15-17-18-20-22-24-26-28-30-32-37(40)42-35(33-38)34-41-36(39)31-29-27-25-23-21-19-16-14-12-10-8-6-4-2/h5-16,19,21,35,38H,3-4,17-18,20,22-34H2,1-2H3/b7-5+,8-6+,11-9+,12-10+,15-13+,16-14+,21-19+. The van der Waals surface area contributed by atoms with E-state index < -0.39 is 6.10 Å². The summed E-state index contributed by atoms with van der Waals surface area (Å²) in [5.74, 6) is -0.664. The minimum absolute atomic E-state index is 0.0970. The van der Waals surface area contributed by atoms with Gasteiger partial charge in [0.25, 0.3) is 0 Å². The fraction of sp³-hybridized carbons (Fsp3) is 0.568. The molecule has 0 rings (SSSR count). The Morgan fingerprint density at radius 1 is 0.548 bits per heavy atom. The smallest absolute Gasteiger partial charge is 0.306 e.